The normalized spacial score (nSPS) is 10.8. The largest absolute Gasteiger partial charge is 0.496 e. The molecular formula is C15H13BrN2O3. The molecular weight excluding hydrogens is 336 g/mol. The number of carboxylic acid groups (broad SMARTS) is 1. The number of halogens is 1. The Kier molecular flexibility index (Phi) is 5.05. The van der Waals surface area contributed by atoms with Crippen molar-refractivity contribution < 1.29 is 14.6 Å². The molecule has 0 aliphatic heterocycles. The van der Waals surface area contributed by atoms with Gasteiger partial charge < -0.3 is 9.84 Å². The number of ether oxygens (including phenoxy) is 1. The fourth-order valence-electron chi connectivity index (χ4n) is 1.68. The van der Waals surface area contributed by atoms with Crippen LogP contribution in [0, 0.1) is 0 Å². The van der Waals surface area contributed by atoms with Crippen LogP contribution in [0.2, 0.25) is 0 Å². The van der Waals surface area contributed by atoms with Gasteiger partial charge in [-0.1, -0.05) is 6.07 Å². The molecule has 0 aliphatic carbocycles. The molecule has 0 aliphatic rings. The third kappa shape index (κ3) is 4.13. The molecule has 0 heterocycles. The van der Waals surface area contributed by atoms with Gasteiger partial charge >= 0.3 is 5.97 Å². The van der Waals surface area contributed by atoms with Crippen molar-refractivity contribution in [3.63, 3.8) is 0 Å². The summed E-state index contributed by atoms with van der Waals surface area (Å²) in [6, 6.07) is 11.9. The first-order valence-electron chi connectivity index (χ1n) is 6.13. The highest BCUT2D eigenvalue weighted by molar-refractivity contribution is 9.10. The van der Waals surface area contributed by atoms with Crippen LogP contribution in [0.3, 0.4) is 0 Å². The molecule has 2 aromatic carbocycles. The number of benzene rings is 2. The number of rotatable bonds is 5. The highest BCUT2D eigenvalue weighted by atomic mass is 79.9. The van der Waals surface area contributed by atoms with Gasteiger partial charge in [0.05, 0.1) is 29.4 Å². The topological polar surface area (TPSA) is 71.2 Å². The smallest absolute Gasteiger partial charge is 0.335 e. The van der Waals surface area contributed by atoms with Crippen molar-refractivity contribution >= 4 is 27.6 Å². The zero-order chi connectivity index (χ0) is 15.2. The molecule has 0 amide bonds. The Morgan fingerprint density at radius 3 is 2.52 bits per heavy atom. The molecule has 0 fully saturated rings. The van der Waals surface area contributed by atoms with Crippen LogP contribution in [0.4, 0.5) is 5.69 Å². The van der Waals surface area contributed by atoms with Crippen LogP contribution in [0.15, 0.2) is 57.2 Å². The molecule has 2 aromatic rings. The zero-order valence-corrected chi connectivity index (χ0v) is 12.9. The molecule has 0 spiro atoms. The second kappa shape index (κ2) is 6.99. The van der Waals surface area contributed by atoms with Crippen molar-refractivity contribution in [1.29, 1.82) is 0 Å². The zero-order valence-electron chi connectivity index (χ0n) is 11.3. The molecule has 0 radical (unpaired) electrons. The van der Waals surface area contributed by atoms with Crippen molar-refractivity contribution in [3.05, 3.63) is 58.1 Å². The maximum atomic E-state index is 10.7. The molecule has 5 nitrogen and oxygen atoms in total. The van der Waals surface area contributed by atoms with Crippen LogP contribution in [-0.4, -0.2) is 18.2 Å². The number of carboxylic acids is 1. The van der Waals surface area contributed by atoms with Gasteiger partial charge in [-0.05, 0) is 57.9 Å². The molecule has 0 saturated carbocycles. The molecule has 2 rings (SSSR count). The van der Waals surface area contributed by atoms with E-state index in [1.807, 2.05) is 18.2 Å². The first-order chi connectivity index (χ1) is 10.1. The van der Waals surface area contributed by atoms with E-state index >= 15 is 0 Å². The molecule has 21 heavy (non-hydrogen) atoms. The number of hydrogen-bond donors (Lipinski definition) is 1. The summed E-state index contributed by atoms with van der Waals surface area (Å²) in [6.07, 6.45) is 0. The average molecular weight is 349 g/mol. The minimum Gasteiger partial charge on any atom is -0.496 e. The molecule has 0 bridgehead atoms. The molecule has 0 atom stereocenters. The summed E-state index contributed by atoms with van der Waals surface area (Å²) in [5, 5.41) is 17.0. The molecule has 6 heteroatoms. The summed E-state index contributed by atoms with van der Waals surface area (Å²) in [5.41, 5.74) is 1.84. The first kappa shape index (κ1) is 15.2. The predicted octanol–water partition coefficient (Wildman–Crippen LogP) is 4.44. The Bertz CT molecular complexity index is 669. The predicted molar refractivity (Wildman–Crippen MR) is 82.3 cm³/mol. The highest BCUT2D eigenvalue weighted by Gasteiger charge is 2.02. The lowest BCUT2D eigenvalue weighted by Crippen LogP contribution is -1.94. The van der Waals surface area contributed by atoms with E-state index in [2.05, 4.69) is 26.2 Å². The SMILES string of the molecule is COc1ccc(CN=Nc2ccc(C(=O)O)cc2)cc1Br. The van der Waals surface area contributed by atoms with Gasteiger partial charge in [0.1, 0.15) is 5.75 Å². The van der Waals surface area contributed by atoms with Crippen LogP contribution in [0.25, 0.3) is 0 Å². The maximum Gasteiger partial charge on any atom is 0.335 e. The van der Waals surface area contributed by atoms with Crippen molar-refractivity contribution in [2.75, 3.05) is 7.11 Å². The van der Waals surface area contributed by atoms with Crippen LogP contribution in [0.5, 0.6) is 5.75 Å². The first-order valence-corrected chi connectivity index (χ1v) is 6.92. The number of methoxy groups -OCH3 is 1. The molecule has 0 aromatic heterocycles. The minimum absolute atomic E-state index is 0.230. The molecule has 0 saturated heterocycles. The summed E-state index contributed by atoms with van der Waals surface area (Å²) in [4.78, 5) is 10.7. The van der Waals surface area contributed by atoms with Crippen LogP contribution in [-0.2, 0) is 6.54 Å². The van der Waals surface area contributed by atoms with Gasteiger partial charge in [-0.2, -0.15) is 10.2 Å². The molecule has 108 valence electrons. The standard InChI is InChI=1S/C15H13BrN2O3/c1-21-14-7-2-10(8-13(14)16)9-17-18-12-5-3-11(4-6-12)15(19)20/h2-8H,9H2,1H3,(H,19,20). The van der Waals surface area contributed by atoms with E-state index in [1.165, 1.54) is 12.1 Å². The molecule has 1 N–H and O–H groups in total. The second-order valence-electron chi connectivity index (χ2n) is 4.22. The summed E-state index contributed by atoms with van der Waals surface area (Å²) < 4.78 is 6.02. The van der Waals surface area contributed by atoms with E-state index in [9.17, 15) is 4.79 Å². The summed E-state index contributed by atoms with van der Waals surface area (Å²) in [7, 11) is 1.61. The van der Waals surface area contributed by atoms with Crippen molar-refractivity contribution in [2.24, 2.45) is 10.2 Å². The monoisotopic (exact) mass is 348 g/mol. The van der Waals surface area contributed by atoms with E-state index in [0.717, 1.165) is 15.8 Å². The van der Waals surface area contributed by atoms with E-state index in [-0.39, 0.29) is 5.56 Å². The van der Waals surface area contributed by atoms with Gasteiger partial charge in [0.25, 0.3) is 0 Å². The summed E-state index contributed by atoms with van der Waals surface area (Å²) in [6.45, 7) is 0.434. The average Bonchev–Trinajstić information content (AvgIpc) is 2.48. The summed E-state index contributed by atoms with van der Waals surface area (Å²) >= 11 is 3.41. The Hall–Kier alpha value is -2.21. The van der Waals surface area contributed by atoms with Crippen molar-refractivity contribution in [1.82, 2.24) is 0 Å². The van der Waals surface area contributed by atoms with Gasteiger partial charge in [0.2, 0.25) is 0 Å². The van der Waals surface area contributed by atoms with E-state index < -0.39 is 5.97 Å². The Morgan fingerprint density at radius 2 is 1.95 bits per heavy atom. The Morgan fingerprint density at radius 1 is 1.24 bits per heavy atom. The van der Waals surface area contributed by atoms with E-state index in [1.54, 1.807) is 19.2 Å². The fourth-order valence-corrected chi connectivity index (χ4v) is 2.27. The second-order valence-corrected chi connectivity index (χ2v) is 5.07. The van der Waals surface area contributed by atoms with Crippen molar-refractivity contribution in [3.8, 4) is 5.75 Å². The lowest BCUT2D eigenvalue weighted by atomic mass is 10.2. The number of nitrogens with zero attached hydrogens (tertiary/aromatic N) is 2. The minimum atomic E-state index is -0.957. The number of aromatic carboxylic acids is 1. The number of hydrogen-bond acceptors (Lipinski definition) is 4. The third-order valence-corrected chi connectivity index (χ3v) is 3.39. The van der Waals surface area contributed by atoms with Crippen molar-refractivity contribution in [2.45, 2.75) is 6.54 Å². The fraction of sp³-hybridized carbons (Fsp3) is 0.133. The van der Waals surface area contributed by atoms with Gasteiger partial charge in [-0.25, -0.2) is 4.79 Å². The quantitative estimate of drug-likeness (QED) is 0.811. The number of carbonyl (C=O) groups is 1. The highest BCUT2D eigenvalue weighted by Crippen LogP contribution is 2.26. The Labute approximate surface area is 130 Å². The van der Waals surface area contributed by atoms with Gasteiger partial charge in [0, 0.05) is 0 Å². The van der Waals surface area contributed by atoms with E-state index in [4.69, 9.17) is 9.84 Å². The van der Waals surface area contributed by atoms with Gasteiger partial charge in [0.15, 0.2) is 0 Å². The molecule has 0 unspecified atom stereocenters. The van der Waals surface area contributed by atoms with Crippen LogP contribution < -0.4 is 4.74 Å². The number of azo groups is 1. The third-order valence-electron chi connectivity index (χ3n) is 2.77. The van der Waals surface area contributed by atoms with Crippen LogP contribution in [0.1, 0.15) is 15.9 Å². The van der Waals surface area contributed by atoms with Gasteiger partial charge in [-0.15, -0.1) is 0 Å². The lowest BCUT2D eigenvalue weighted by molar-refractivity contribution is 0.0697. The summed E-state index contributed by atoms with van der Waals surface area (Å²) in [5.74, 6) is -0.193. The Balaban J connectivity index is 2.01. The lowest BCUT2D eigenvalue weighted by Gasteiger charge is -2.04. The van der Waals surface area contributed by atoms with E-state index in [0.29, 0.717) is 12.2 Å². The van der Waals surface area contributed by atoms with Gasteiger partial charge in [-0.3, -0.25) is 0 Å². The maximum absolute atomic E-state index is 10.7. The van der Waals surface area contributed by atoms with Crippen LogP contribution >= 0.6 is 15.9 Å².